The monoisotopic (exact) mass is 285 g/mol. The van der Waals surface area contributed by atoms with Crippen LogP contribution in [0.5, 0.6) is 0 Å². The van der Waals surface area contributed by atoms with Crippen molar-refractivity contribution in [3.8, 4) is 11.4 Å². The van der Waals surface area contributed by atoms with E-state index < -0.39 is 0 Å². The van der Waals surface area contributed by atoms with Gasteiger partial charge in [-0.2, -0.15) is 4.98 Å². The molecule has 4 heteroatoms. The molecule has 0 aliphatic carbocycles. The lowest BCUT2D eigenvalue weighted by Gasteiger charge is -2.24. The van der Waals surface area contributed by atoms with E-state index >= 15 is 0 Å². The number of rotatable bonds is 5. The fourth-order valence-corrected chi connectivity index (χ4v) is 3.16. The molecule has 1 aliphatic heterocycles. The van der Waals surface area contributed by atoms with Crippen LogP contribution in [0.25, 0.3) is 11.4 Å². The Kier molecular flexibility index (Phi) is 4.06. The molecule has 0 spiro atoms. The maximum Gasteiger partial charge on any atom is 0.247 e. The fraction of sp³-hybridized carbons (Fsp3) is 0.529. The molecule has 1 atom stereocenters. The maximum absolute atomic E-state index is 5.59. The molecule has 0 saturated carbocycles. The summed E-state index contributed by atoms with van der Waals surface area (Å²) >= 11 is 0. The zero-order chi connectivity index (χ0) is 14.7. The van der Waals surface area contributed by atoms with Crippen molar-refractivity contribution in [1.29, 1.82) is 0 Å². The number of nitrogens with one attached hydrogen (secondary N) is 1. The van der Waals surface area contributed by atoms with Crippen molar-refractivity contribution >= 4 is 0 Å². The van der Waals surface area contributed by atoms with E-state index in [1.807, 2.05) is 0 Å². The minimum absolute atomic E-state index is 0.108. The number of aryl methyl sites for hydroxylation is 1. The second-order valence-electron chi connectivity index (χ2n) is 5.84. The first-order valence-corrected chi connectivity index (χ1v) is 7.96. The summed E-state index contributed by atoms with van der Waals surface area (Å²) in [5.41, 5.74) is 2.23. The topological polar surface area (TPSA) is 51.0 Å². The van der Waals surface area contributed by atoms with Crippen LogP contribution in [0.2, 0.25) is 0 Å². The van der Waals surface area contributed by atoms with E-state index in [0.717, 1.165) is 43.7 Å². The van der Waals surface area contributed by atoms with Gasteiger partial charge in [-0.15, -0.1) is 0 Å². The van der Waals surface area contributed by atoms with Gasteiger partial charge in [-0.1, -0.05) is 49.7 Å². The zero-order valence-electron chi connectivity index (χ0n) is 12.9. The molecule has 2 heterocycles. The number of hydrogen-bond acceptors (Lipinski definition) is 4. The van der Waals surface area contributed by atoms with Crippen molar-refractivity contribution in [2.45, 2.75) is 51.5 Å². The number of aromatic nitrogens is 2. The fourth-order valence-electron chi connectivity index (χ4n) is 3.16. The van der Waals surface area contributed by atoms with Crippen molar-refractivity contribution in [2.75, 3.05) is 6.54 Å². The van der Waals surface area contributed by atoms with Crippen LogP contribution in [0, 0.1) is 0 Å². The summed E-state index contributed by atoms with van der Waals surface area (Å²) in [5, 5.41) is 7.76. The molecule has 1 aliphatic rings. The lowest BCUT2D eigenvalue weighted by atomic mass is 9.92. The third kappa shape index (κ3) is 2.72. The molecule has 2 aromatic rings. The third-order valence-corrected chi connectivity index (χ3v) is 4.38. The number of hydrogen-bond donors (Lipinski definition) is 1. The molecule has 1 N–H and O–H groups in total. The summed E-state index contributed by atoms with van der Waals surface area (Å²) in [6.45, 7) is 5.38. The molecule has 3 rings (SSSR count). The summed E-state index contributed by atoms with van der Waals surface area (Å²) in [6, 6.07) is 8.39. The van der Waals surface area contributed by atoms with Crippen LogP contribution >= 0.6 is 0 Å². The third-order valence-electron chi connectivity index (χ3n) is 4.38. The zero-order valence-corrected chi connectivity index (χ0v) is 12.9. The van der Waals surface area contributed by atoms with Gasteiger partial charge in [-0.05, 0) is 37.8 Å². The minimum Gasteiger partial charge on any atom is -0.337 e. The summed E-state index contributed by atoms with van der Waals surface area (Å²) in [5.74, 6) is 1.44. The molecule has 0 radical (unpaired) electrons. The highest BCUT2D eigenvalue weighted by molar-refractivity contribution is 5.54. The van der Waals surface area contributed by atoms with Crippen LogP contribution in [-0.2, 0) is 12.0 Å². The van der Waals surface area contributed by atoms with Crippen LogP contribution in [0.1, 0.15) is 51.0 Å². The maximum atomic E-state index is 5.59. The van der Waals surface area contributed by atoms with E-state index in [4.69, 9.17) is 4.52 Å². The molecular weight excluding hydrogens is 262 g/mol. The Hall–Kier alpha value is -1.68. The molecule has 21 heavy (non-hydrogen) atoms. The van der Waals surface area contributed by atoms with Crippen molar-refractivity contribution in [3.05, 3.63) is 35.7 Å². The summed E-state index contributed by atoms with van der Waals surface area (Å²) in [4.78, 5) is 4.67. The van der Waals surface area contributed by atoms with Gasteiger partial charge in [0.05, 0.1) is 5.54 Å². The predicted molar refractivity (Wildman–Crippen MR) is 82.9 cm³/mol. The smallest absolute Gasteiger partial charge is 0.247 e. The Morgan fingerprint density at radius 3 is 2.67 bits per heavy atom. The van der Waals surface area contributed by atoms with Gasteiger partial charge in [0.1, 0.15) is 0 Å². The van der Waals surface area contributed by atoms with E-state index in [0.29, 0.717) is 5.82 Å². The normalized spacial score (nSPS) is 21.8. The quantitative estimate of drug-likeness (QED) is 0.910. The van der Waals surface area contributed by atoms with Crippen LogP contribution in [-0.4, -0.2) is 16.7 Å². The van der Waals surface area contributed by atoms with Gasteiger partial charge < -0.3 is 9.84 Å². The molecule has 0 bridgehead atoms. The molecule has 1 unspecified atom stereocenters. The first-order valence-electron chi connectivity index (χ1n) is 7.96. The SMILES string of the molecule is CCCC1(c2nc(-c3ccc(CC)cc3)no2)CCCN1. The van der Waals surface area contributed by atoms with Crippen LogP contribution in [0.15, 0.2) is 28.8 Å². The van der Waals surface area contributed by atoms with Crippen molar-refractivity contribution in [3.63, 3.8) is 0 Å². The summed E-state index contributed by atoms with van der Waals surface area (Å²) in [7, 11) is 0. The lowest BCUT2D eigenvalue weighted by molar-refractivity contribution is 0.241. The van der Waals surface area contributed by atoms with Gasteiger partial charge in [-0.25, -0.2) is 0 Å². The first-order chi connectivity index (χ1) is 10.3. The largest absolute Gasteiger partial charge is 0.337 e. The first kappa shape index (κ1) is 14.3. The Labute approximate surface area is 126 Å². The highest BCUT2D eigenvalue weighted by atomic mass is 16.5. The van der Waals surface area contributed by atoms with Crippen LogP contribution in [0.4, 0.5) is 0 Å². The van der Waals surface area contributed by atoms with Crippen LogP contribution in [0.3, 0.4) is 0 Å². The van der Waals surface area contributed by atoms with Crippen molar-refractivity contribution < 1.29 is 4.52 Å². The van der Waals surface area contributed by atoms with E-state index in [1.165, 1.54) is 12.0 Å². The Balaban J connectivity index is 1.87. The molecule has 0 amide bonds. The van der Waals surface area contributed by atoms with E-state index in [-0.39, 0.29) is 5.54 Å². The second-order valence-corrected chi connectivity index (χ2v) is 5.84. The van der Waals surface area contributed by atoms with Gasteiger partial charge >= 0.3 is 0 Å². The molecular formula is C17H23N3O. The molecule has 1 aromatic heterocycles. The number of nitrogens with zero attached hydrogens (tertiary/aromatic N) is 2. The second kappa shape index (κ2) is 5.98. The summed E-state index contributed by atoms with van der Waals surface area (Å²) in [6.07, 6.45) is 5.45. The molecule has 1 fully saturated rings. The molecule has 4 nitrogen and oxygen atoms in total. The standard InChI is InChI=1S/C17H23N3O/c1-3-10-17(11-5-12-18-17)16-19-15(20-21-16)14-8-6-13(4-2)7-9-14/h6-9,18H,3-5,10-12H2,1-2H3. The summed E-state index contributed by atoms with van der Waals surface area (Å²) < 4.78 is 5.59. The van der Waals surface area contributed by atoms with Crippen LogP contribution < -0.4 is 5.32 Å². The lowest BCUT2D eigenvalue weighted by Crippen LogP contribution is -2.36. The molecule has 112 valence electrons. The van der Waals surface area contributed by atoms with E-state index in [1.54, 1.807) is 0 Å². The van der Waals surface area contributed by atoms with Gasteiger partial charge in [0.25, 0.3) is 0 Å². The van der Waals surface area contributed by atoms with Gasteiger partial charge in [0, 0.05) is 5.56 Å². The molecule has 1 saturated heterocycles. The Bertz CT molecular complexity index is 582. The average Bonchev–Trinajstić information content (AvgIpc) is 3.17. The van der Waals surface area contributed by atoms with E-state index in [9.17, 15) is 0 Å². The highest BCUT2D eigenvalue weighted by Crippen LogP contribution is 2.35. The van der Waals surface area contributed by atoms with Gasteiger partial charge in [0.15, 0.2) is 0 Å². The Morgan fingerprint density at radius 1 is 1.24 bits per heavy atom. The van der Waals surface area contributed by atoms with Gasteiger partial charge in [0.2, 0.25) is 11.7 Å². The van der Waals surface area contributed by atoms with Crippen molar-refractivity contribution in [2.24, 2.45) is 0 Å². The number of benzene rings is 1. The van der Waals surface area contributed by atoms with Gasteiger partial charge in [-0.3, -0.25) is 0 Å². The Morgan fingerprint density at radius 2 is 2.05 bits per heavy atom. The average molecular weight is 285 g/mol. The predicted octanol–water partition coefficient (Wildman–Crippen LogP) is 3.68. The highest BCUT2D eigenvalue weighted by Gasteiger charge is 2.39. The molecule has 1 aromatic carbocycles. The van der Waals surface area contributed by atoms with E-state index in [2.05, 4.69) is 53.6 Å². The van der Waals surface area contributed by atoms with Crippen molar-refractivity contribution in [1.82, 2.24) is 15.5 Å². The minimum atomic E-state index is -0.108.